The van der Waals surface area contributed by atoms with Crippen LogP contribution in [0.25, 0.3) is 27.8 Å². The van der Waals surface area contributed by atoms with Gasteiger partial charge in [-0.15, -0.1) is 13.2 Å². The molecule has 0 heterocycles. The summed E-state index contributed by atoms with van der Waals surface area (Å²) in [6.45, 7) is 7.63. The molecule has 208 valence electrons. The Bertz CT molecular complexity index is 1370. The molecule has 0 aromatic heterocycles. The van der Waals surface area contributed by atoms with Gasteiger partial charge in [0.2, 0.25) is 0 Å². The summed E-state index contributed by atoms with van der Waals surface area (Å²) in [5.74, 6) is 0.357. The van der Waals surface area contributed by atoms with Gasteiger partial charge in [0, 0.05) is 11.1 Å². The van der Waals surface area contributed by atoms with Crippen molar-refractivity contribution in [3.8, 4) is 22.3 Å². The summed E-state index contributed by atoms with van der Waals surface area (Å²) in [6.07, 6.45) is 16.3. The van der Waals surface area contributed by atoms with Gasteiger partial charge in [0.05, 0.1) is 0 Å². The largest absolute Gasteiger partial charge is 0.206 e. The minimum Gasteiger partial charge on any atom is -0.206 e. The summed E-state index contributed by atoms with van der Waals surface area (Å²) >= 11 is 0. The molecule has 3 aromatic rings. The second-order valence-corrected chi connectivity index (χ2v) is 11.5. The zero-order valence-electron chi connectivity index (χ0n) is 23.3. The molecule has 1 saturated carbocycles. The Morgan fingerprint density at radius 1 is 0.725 bits per heavy atom. The first kappa shape index (κ1) is 28.2. The van der Waals surface area contributed by atoms with Crippen LogP contribution in [0.5, 0.6) is 0 Å². The highest BCUT2D eigenvalue weighted by atomic mass is 19.2. The van der Waals surface area contributed by atoms with Crippen molar-refractivity contribution in [2.45, 2.75) is 64.2 Å². The van der Waals surface area contributed by atoms with Crippen molar-refractivity contribution in [2.75, 3.05) is 0 Å². The molecule has 0 saturated heterocycles. The number of halogens is 3. The lowest BCUT2D eigenvalue weighted by atomic mass is 9.71. The third kappa shape index (κ3) is 6.19. The Hall–Kier alpha value is -3.33. The van der Waals surface area contributed by atoms with Crippen LogP contribution in [0.1, 0.15) is 68.9 Å². The highest BCUT2D eigenvalue weighted by Crippen LogP contribution is 2.42. The van der Waals surface area contributed by atoms with E-state index in [1.165, 1.54) is 25.7 Å². The fraction of sp³-hybridized carbons (Fsp3) is 0.351. The quantitative estimate of drug-likeness (QED) is 0.187. The van der Waals surface area contributed by atoms with Crippen molar-refractivity contribution < 1.29 is 13.2 Å². The standard InChI is InChI=1S/C37H39F3/c1-3-5-6-7-31-20-23-34(37(40)36(31)39)30-18-14-28(15-19-30)32-21-22-33(35(38)24-32)29-16-12-27(13-17-29)26-10-8-25(4-2)9-11-26/h3-4,14-16,18-27H,1-2,5-13,17H2. The molecule has 0 nitrogen and oxygen atoms in total. The van der Waals surface area contributed by atoms with E-state index in [-0.39, 0.29) is 11.4 Å². The lowest BCUT2D eigenvalue weighted by Crippen LogP contribution is -2.22. The summed E-state index contributed by atoms with van der Waals surface area (Å²) in [5.41, 5.74) is 4.62. The first-order chi connectivity index (χ1) is 19.5. The minimum absolute atomic E-state index is 0.210. The molecule has 1 unspecified atom stereocenters. The average molecular weight is 541 g/mol. The van der Waals surface area contributed by atoms with Crippen LogP contribution in [0, 0.1) is 35.2 Å². The van der Waals surface area contributed by atoms with Crippen LogP contribution in [-0.2, 0) is 6.42 Å². The Kier molecular flexibility index (Phi) is 9.09. The molecule has 3 aromatic carbocycles. The van der Waals surface area contributed by atoms with E-state index in [1.54, 1.807) is 36.4 Å². The summed E-state index contributed by atoms with van der Waals surface area (Å²) in [5, 5.41) is 0. The molecule has 0 aliphatic heterocycles. The van der Waals surface area contributed by atoms with E-state index in [0.717, 1.165) is 54.7 Å². The number of benzene rings is 3. The zero-order valence-corrected chi connectivity index (χ0v) is 23.3. The molecular weight excluding hydrogens is 501 g/mol. The predicted octanol–water partition coefficient (Wildman–Crippen LogP) is 11.1. The van der Waals surface area contributed by atoms with E-state index in [2.05, 4.69) is 25.3 Å². The molecular formula is C37H39F3. The fourth-order valence-electron chi connectivity index (χ4n) is 6.62. The molecule has 3 heteroatoms. The predicted molar refractivity (Wildman–Crippen MR) is 161 cm³/mol. The Morgan fingerprint density at radius 3 is 2.08 bits per heavy atom. The van der Waals surface area contributed by atoms with Crippen LogP contribution in [0.2, 0.25) is 0 Å². The van der Waals surface area contributed by atoms with Gasteiger partial charge in [0.1, 0.15) is 5.82 Å². The number of hydrogen-bond donors (Lipinski definition) is 0. The molecule has 2 aliphatic rings. The monoisotopic (exact) mass is 540 g/mol. The van der Waals surface area contributed by atoms with Gasteiger partial charge in [-0.3, -0.25) is 0 Å². The van der Waals surface area contributed by atoms with E-state index in [0.29, 0.717) is 34.9 Å². The normalized spacial score (nSPS) is 21.1. The van der Waals surface area contributed by atoms with Crippen molar-refractivity contribution in [1.29, 1.82) is 0 Å². The van der Waals surface area contributed by atoms with Crippen molar-refractivity contribution in [3.05, 3.63) is 115 Å². The van der Waals surface area contributed by atoms with Gasteiger partial charge in [-0.05, 0) is 116 Å². The minimum atomic E-state index is -0.827. The van der Waals surface area contributed by atoms with Crippen LogP contribution in [0.15, 0.2) is 86.0 Å². The number of aryl methyl sites for hydroxylation is 1. The van der Waals surface area contributed by atoms with Crippen molar-refractivity contribution in [3.63, 3.8) is 0 Å². The summed E-state index contributed by atoms with van der Waals surface area (Å²) in [7, 11) is 0. The SMILES string of the molecule is C=CCCCc1ccc(-c2ccc(-c3ccc(C4=CCC(C5CCC(C=C)CC5)CC4)c(F)c3)cc2)c(F)c1F. The molecule has 0 spiro atoms. The maximum absolute atomic E-state index is 15.3. The Morgan fingerprint density at radius 2 is 1.43 bits per heavy atom. The fourth-order valence-corrected chi connectivity index (χ4v) is 6.62. The third-order valence-corrected chi connectivity index (χ3v) is 9.13. The maximum Gasteiger partial charge on any atom is 0.166 e. The molecule has 1 fully saturated rings. The number of unbranched alkanes of at least 4 members (excludes halogenated alkanes) is 1. The number of allylic oxidation sites excluding steroid dienone is 4. The second-order valence-electron chi connectivity index (χ2n) is 11.5. The third-order valence-electron chi connectivity index (χ3n) is 9.13. The van der Waals surface area contributed by atoms with E-state index in [1.807, 2.05) is 24.3 Å². The number of hydrogen-bond acceptors (Lipinski definition) is 0. The highest BCUT2D eigenvalue weighted by molar-refractivity contribution is 5.74. The topological polar surface area (TPSA) is 0 Å². The molecule has 40 heavy (non-hydrogen) atoms. The lowest BCUT2D eigenvalue weighted by Gasteiger charge is -2.34. The van der Waals surface area contributed by atoms with Crippen LogP contribution in [0.3, 0.4) is 0 Å². The Balaban J connectivity index is 1.26. The molecule has 0 bridgehead atoms. The van der Waals surface area contributed by atoms with Gasteiger partial charge in [0.25, 0.3) is 0 Å². The summed E-state index contributed by atoms with van der Waals surface area (Å²) < 4.78 is 44.8. The van der Waals surface area contributed by atoms with Gasteiger partial charge < -0.3 is 0 Å². The van der Waals surface area contributed by atoms with Crippen molar-refractivity contribution >= 4 is 5.57 Å². The average Bonchev–Trinajstić information content (AvgIpc) is 3.00. The highest BCUT2D eigenvalue weighted by Gasteiger charge is 2.28. The first-order valence-corrected chi connectivity index (χ1v) is 14.8. The molecule has 5 rings (SSSR count). The van der Waals surface area contributed by atoms with Crippen LogP contribution >= 0.6 is 0 Å². The van der Waals surface area contributed by atoms with E-state index >= 15 is 4.39 Å². The first-order valence-electron chi connectivity index (χ1n) is 14.8. The molecule has 0 N–H and O–H groups in total. The summed E-state index contributed by atoms with van der Waals surface area (Å²) in [4.78, 5) is 0. The van der Waals surface area contributed by atoms with Crippen molar-refractivity contribution in [1.82, 2.24) is 0 Å². The number of rotatable bonds is 9. The smallest absolute Gasteiger partial charge is 0.166 e. The van der Waals surface area contributed by atoms with Gasteiger partial charge in [0.15, 0.2) is 11.6 Å². The molecule has 1 atom stereocenters. The van der Waals surface area contributed by atoms with Crippen LogP contribution < -0.4 is 0 Å². The second kappa shape index (κ2) is 12.9. The van der Waals surface area contributed by atoms with Crippen LogP contribution in [0.4, 0.5) is 13.2 Å². The zero-order chi connectivity index (χ0) is 28.1. The molecule has 0 amide bonds. The summed E-state index contributed by atoms with van der Waals surface area (Å²) in [6, 6.07) is 15.9. The van der Waals surface area contributed by atoms with E-state index in [4.69, 9.17) is 0 Å². The van der Waals surface area contributed by atoms with E-state index < -0.39 is 11.6 Å². The lowest BCUT2D eigenvalue weighted by molar-refractivity contribution is 0.212. The van der Waals surface area contributed by atoms with Gasteiger partial charge in [-0.1, -0.05) is 66.8 Å². The maximum atomic E-state index is 15.3. The van der Waals surface area contributed by atoms with E-state index in [9.17, 15) is 8.78 Å². The van der Waals surface area contributed by atoms with Gasteiger partial charge in [-0.2, -0.15) is 0 Å². The molecule has 0 radical (unpaired) electrons. The van der Waals surface area contributed by atoms with Crippen LogP contribution in [-0.4, -0.2) is 0 Å². The van der Waals surface area contributed by atoms with Crippen molar-refractivity contribution in [2.24, 2.45) is 17.8 Å². The van der Waals surface area contributed by atoms with Gasteiger partial charge >= 0.3 is 0 Å². The molecule has 2 aliphatic carbocycles. The Labute approximate surface area is 237 Å². The van der Waals surface area contributed by atoms with Gasteiger partial charge in [-0.25, -0.2) is 13.2 Å².